The number of rotatable bonds is 5. The van der Waals surface area contributed by atoms with Crippen molar-refractivity contribution >= 4 is 11.8 Å². The molecule has 0 spiro atoms. The standard InChI is InChI=1S/C21H30N2O3/c1-26-19-10-7-17(8-11-19)9-12-20(24)22-13-4-14-23(16-15-22)21(25)18-5-2-3-6-18/h7-8,10-11,18H,2-6,9,12-16H2,1H3. The first kappa shape index (κ1) is 18.7. The first-order valence-corrected chi connectivity index (χ1v) is 9.87. The Balaban J connectivity index is 1.46. The SMILES string of the molecule is COc1ccc(CCC(=O)N2CCCN(C(=O)C3CCCC3)CC2)cc1. The fourth-order valence-corrected chi connectivity index (χ4v) is 4.02. The van der Waals surface area contributed by atoms with Crippen LogP contribution in [0.2, 0.25) is 0 Å². The van der Waals surface area contributed by atoms with E-state index in [1.807, 2.05) is 34.1 Å². The summed E-state index contributed by atoms with van der Waals surface area (Å²) in [5.74, 6) is 1.57. The van der Waals surface area contributed by atoms with Gasteiger partial charge in [-0.3, -0.25) is 9.59 Å². The number of hydrogen-bond donors (Lipinski definition) is 0. The smallest absolute Gasteiger partial charge is 0.225 e. The Morgan fingerprint density at radius 1 is 0.962 bits per heavy atom. The summed E-state index contributed by atoms with van der Waals surface area (Å²) >= 11 is 0. The summed E-state index contributed by atoms with van der Waals surface area (Å²) in [5.41, 5.74) is 1.15. The molecular weight excluding hydrogens is 328 g/mol. The first-order valence-electron chi connectivity index (χ1n) is 9.87. The molecule has 0 aromatic heterocycles. The van der Waals surface area contributed by atoms with Crippen LogP contribution in [0, 0.1) is 5.92 Å². The van der Waals surface area contributed by atoms with Gasteiger partial charge in [-0.2, -0.15) is 0 Å². The van der Waals surface area contributed by atoms with Crippen molar-refractivity contribution in [2.24, 2.45) is 5.92 Å². The number of amides is 2. The van der Waals surface area contributed by atoms with Gasteiger partial charge in [-0.15, -0.1) is 0 Å². The molecule has 2 fully saturated rings. The molecule has 5 nitrogen and oxygen atoms in total. The van der Waals surface area contributed by atoms with Gasteiger partial charge in [-0.25, -0.2) is 0 Å². The monoisotopic (exact) mass is 358 g/mol. The highest BCUT2D eigenvalue weighted by molar-refractivity contribution is 5.79. The molecule has 26 heavy (non-hydrogen) atoms. The molecule has 0 N–H and O–H groups in total. The van der Waals surface area contributed by atoms with Crippen molar-refractivity contribution in [3.8, 4) is 5.75 Å². The predicted molar refractivity (Wildman–Crippen MR) is 101 cm³/mol. The highest BCUT2D eigenvalue weighted by Gasteiger charge is 2.29. The Morgan fingerprint density at radius 3 is 2.31 bits per heavy atom. The van der Waals surface area contributed by atoms with E-state index in [-0.39, 0.29) is 11.8 Å². The van der Waals surface area contributed by atoms with Crippen LogP contribution in [0.1, 0.15) is 44.1 Å². The average molecular weight is 358 g/mol. The highest BCUT2D eigenvalue weighted by Crippen LogP contribution is 2.27. The van der Waals surface area contributed by atoms with Crippen molar-refractivity contribution in [3.05, 3.63) is 29.8 Å². The second-order valence-electron chi connectivity index (χ2n) is 7.39. The maximum atomic E-state index is 12.6. The molecule has 1 aliphatic heterocycles. The lowest BCUT2D eigenvalue weighted by Crippen LogP contribution is -2.39. The van der Waals surface area contributed by atoms with E-state index in [1.54, 1.807) is 7.11 Å². The fourth-order valence-electron chi connectivity index (χ4n) is 4.02. The minimum absolute atomic E-state index is 0.191. The van der Waals surface area contributed by atoms with Gasteiger partial charge < -0.3 is 14.5 Å². The van der Waals surface area contributed by atoms with Gasteiger partial charge in [-0.1, -0.05) is 25.0 Å². The summed E-state index contributed by atoms with van der Waals surface area (Å²) in [4.78, 5) is 29.1. The number of hydrogen-bond acceptors (Lipinski definition) is 3. The van der Waals surface area contributed by atoms with E-state index in [4.69, 9.17) is 4.74 Å². The third-order valence-corrected chi connectivity index (χ3v) is 5.65. The minimum atomic E-state index is 0.191. The molecule has 1 saturated carbocycles. The van der Waals surface area contributed by atoms with E-state index in [9.17, 15) is 9.59 Å². The van der Waals surface area contributed by atoms with E-state index in [0.29, 0.717) is 25.4 Å². The quantitative estimate of drug-likeness (QED) is 0.813. The molecule has 1 saturated heterocycles. The Hall–Kier alpha value is -2.04. The summed E-state index contributed by atoms with van der Waals surface area (Å²) in [5, 5.41) is 0. The lowest BCUT2D eigenvalue weighted by atomic mass is 10.1. The summed E-state index contributed by atoms with van der Waals surface area (Å²) in [7, 11) is 1.65. The van der Waals surface area contributed by atoms with Crippen LogP contribution in [0.4, 0.5) is 0 Å². The van der Waals surface area contributed by atoms with Crippen LogP contribution >= 0.6 is 0 Å². The van der Waals surface area contributed by atoms with E-state index < -0.39 is 0 Å². The summed E-state index contributed by atoms with van der Waals surface area (Å²) in [6.07, 6.45) is 6.58. The molecule has 2 aliphatic rings. The van der Waals surface area contributed by atoms with Crippen molar-refractivity contribution in [2.45, 2.75) is 44.9 Å². The zero-order valence-electron chi connectivity index (χ0n) is 15.8. The molecule has 1 aromatic rings. The molecule has 1 aromatic carbocycles. The van der Waals surface area contributed by atoms with Gasteiger partial charge in [0.05, 0.1) is 7.11 Å². The van der Waals surface area contributed by atoms with Crippen LogP contribution in [-0.2, 0) is 16.0 Å². The van der Waals surface area contributed by atoms with Crippen LogP contribution in [0.15, 0.2) is 24.3 Å². The number of nitrogens with zero attached hydrogens (tertiary/aromatic N) is 2. The topological polar surface area (TPSA) is 49.9 Å². The lowest BCUT2D eigenvalue weighted by molar-refractivity contribution is -0.136. The predicted octanol–water partition coefficient (Wildman–Crippen LogP) is 2.88. The van der Waals surface area contributed by atoms with Crippen molar-refractivity contribution in [2.75, 3.05) is 33.3 Å². The van der Waals surface area contributed by atoms with Gasteiger partial charge >= 0.3 is 0 Å². The number of carbonyl (C=O) groups excluding carboxylic acids is 2. The largest absolute Gasteiger partial charge is 0.497 e. The number of ether oxygens (including phenoxy) is 1. The Kier molecular flexibility index (Phi) is 6.53. The lowest BCUT2D eigenvalue weighted by Gasteiger charge is -2.24. The maximum absolute atomic E-state index is 12.6. The molecule has 0 bridgehead atoms. The summed E-state index contributed by atoms with van der Waals surface area (Å²) in [6, 6.07) is 7.88. The Morgan fingerprint density at radius 2 is 1.62 bits per heavy atom. The zero-order valence-corrected chi connectivity index (χ0v) is 15.8. The third-order valence-electron chi connectivity index (χ3n) is 5.65. The maximum Gasteiger partial charge on any atom is 0.225 e. The normalized spacial score (nSPS) is 18.7. The molecule has 1 aliphatic carbocycles. The highest BCUT2D eigenvalue weighted by atomic mass is 16.5. The van der Waals surface area contributed by atoms with Crippen molar-refractivity contribution < 1.29 is 14.3 Å². The van der Waals surface area contributed by atoms with E-state index in [0.717, 1.165) is 50.1 Å². The molecule has 0 radical (unpaired) electrons. The van der Waals surface area contributed by atoms with Crippen LogP contribution in [0.25, 0.3) is 0 Å². The number of benzene rings is 1. The van der Waals surface area contributed by atoms with Gasteiger partial charge in [0.25, 0.3) is 0 Å². The van der Waals surface area contributed by atoms with Crippen molar-refractivity contribution in [1.29, 1.82) is 0 Å². The number of carbonyl (C=O) groups is 2. The van der Waals surface area contributed by atoms with Crippen LogP contribution in [-0.4, -0.2) is 54.9 Å². The molecule has 2 amide bonds. The van der Waals surface area contributed by atoms with Gasteiger partial charge in [-0.05, 0) is 43.4 Å². The second-order valence-corrected chi connectivity index (χ2v) is 7.39. The van der Waals surface area contributed by atoms with E-state index in [1.165, 1.54) is 12.8 Å². The first-order chi connectivity index (χ1) is 12.7. The molecule has 0 atom stereocenters. The number of methoxy groups -OCH3 is 1. The summed E-state index contributed by atoms with van der Waals surface area (Å²) in [6.45, 7) is 2.90. The van der Waals surface area contributed by atoms with Crippen molar-refractivity contribution in [3.63, 3.8) is 0 Å². The zero-order chi connectivity index (χ0) is 18.4. The third kappa shape index (κ3) is 4.77. The summed E-state index contributed by atoms with van der Waals surface area (Å²) < 4.78 is 5.16. The second kappa shape index (κ2) is 9.06. The van der Waals surface area contributed by atoms with Gasteiger partial charge in [0.1, 0.15) is 5.75 Å². The van der Waals surface area contributed by atoms with Gasteiger partial charge in [0.15, 0.2) is 0 Å². The van der Waals surface area contributed by atoms with E-state index in [2.05, 4.69) is 0 Å². The fraction of sp³-hybridized carbons (Fsp3) is 0.619. The molecule has 5 heteroatoms. The molecular formula is C21H30N2O3. The minimum Gasteiger partial charge on any atom is -0.497 e. The number of aryl methyl sites for hydroxylation is 1. The van der Waals surface area contributed by atoms with Crippen LogP contribution in [0.5, 0.6) is 5.75 Å². The van der Waals surface area contributed by atoms with Gasteiger partial charge in [0.2, 0.25) is 11.8 Å². The Labute approximate surface area is 156 Å². The van der Waals surface area contributed by atoms with E-state index >= 15 is 0 Å². The van der Waals surface area contributed by atoms with Gasteiger partial charge in [0, 0.05) is 38.5 Å². The van der Waals surface area contributed by atoms with Crippen LogP contribution in [0.3, 0.4) is 0 Å². The molecule has 142 valence electrons. The molecule has 3 rings (SSSR count). The van der Waals surface area contributed by atoms with Crippen LogP contribution < -0.4 is 4.74 Å². The Bertz CT molecular complexity index is 608. The average Bonchev–Trinajstić information content (AvgIpc) is 3.10. The van der Waals surface area contributed by atoms with Crippen molar-refractivity contribution in [1.82, 2.24) is 9.80 Å². The molecule has 1 heterocycles. The molecule has 0 unspecified atom stereocenters.